The van der Waals surface area contributed by atoms with Crippen molar-refractivity contribution in [1.29, 1.82) is 5.26 Å². The minimum Gasteiger partial charge on any atom is -0.494 e. The maximum Gasteiger partial charge on any atom is 0.262 e. The molecule has 0 aliphatic carbocycles. The highest BCUT2D eigenvalue weighted by Crippen LogP contribution is 2.17. The molecule has 30 heavy (non-hydrogen) atoms. The largest absolute Gasteiger partial charge is 0.494 e. The van der Waals surface area contributed by atoms with Crippen LogP contribution in [0.3, 0.4) is 0 Å². The number of nitrogens with one attached hydrogen (secondary N) is 1. The van der Waals surface area contributed by atoms with Gasteiger partial charge in [-0.2, -0.15) is 5.26 Å². The molecular formula is C26H32N2O2. The molecule has 2 aromatic rings. The summed E-state index contributed by atoms with van der Waals surface area (Å²) in [4.78, 5) is 12.5. The second kappa shape index (κ2) is 13.2. The van der Waals surface area contributed by atoms with Gasteiger partial charge in [0.1, 0.15) is 17.4 Å². The van der Waals surface area contributed by atoms with E-state index in [1.807, 2.05) is 67.6 Å². The highest BCUT2D eigenvalue weighted by atomic mass is 16.5. The lowest BCUT2D eigenvalue weighted by Gasteiger charge is -2.13. The molecule has 4 nitrogen and oxygen atoms in total. The Balaban J connectivity index is 1.85. The molecule has 0 spiro atoms. The second-order valence-electron chi connectivity index (χ2n) is 7.46. The van der Waals surface area contributed by atoms with Gasteiger partial charge in [0.2, 0.25) is 0 Å². The Bertz CT molecular complexity index is 836. The predicted molar refractivity (Wildman–Crippen MR) is 122 cm³/mol. The Morgan fingerprint density at radius 2 is 1.70 bits per heavy atom. The van der Waals surface area contributed by atoms with E-state index in [1.165, 1.54) is 32.1 Å². The highest BCUT2D eigenvalue weighted by molar-refractivity contribution is 6.01. The molecule has 1 N–H and O–H groups in total. The van der Waals surface area contributed by atoms with Crippen molar-refractivity contribution in [2.75, 3.05) is 6.61 Å². The fraction of sp³-hybridized carbons (Fsp3) is 0.385. The summed E-state index contributed by atoms with van der Waals surface area (Å²) in [6, 6.07) is 19.0. The van der Waals surface area contributed by atoms with Crippen LogP contribution >= 0.6 is 0 Å². The number of nitriles is 1. The summed E-state index contributed by atoms with van der Waals surface area (Å²) in [5, 5.41) is 12.3. The molecule has 0 saturated heterocycles. The third kappa shape index (κ3) is 8.13. The van der Waals surface area contributed by atoms with Gasteiger partial charge >= 0.3 is 0 Å². The van der Waals surface area contributed by atoms with E-state index in [4.69, 9.17) is 4.74 Å². The number of amides is 1. The molecule has 0 fully saturated rings. The molecule has 0 saturated carbocycles. The monoisotopic (exact) mass is 404 g/mol. The zero-order valence-electron chi connectivity index (χ0n) is 18.1. The quantitative estimate of drug-likeness (QED) is 0.260. The smallest absolute Gasteiger partial charge is 0.262 e. The van der Waals surface area contributed by atoms with E-state index in [-0.39, 0.29) is 17.5 Å². The first-order valence-electron chi connectivity index (χ1n) is 10.8. The zero-order chi connectivity index (χ0) is 21.6. The van der Waals surface area contributed by atoms with Crippen LogP contribution < -0.4 is 10.1 Å². The van der Waals surface area contributed by atoms with E-state index in [0.717, 1.165) is 23.3 Å². The van der Waals surface area contributed by atoms with Crippen molar-refractivity contribution in [2.24, 2.45) is 0 Å². The average molecular weight is 405 g/mol. The Hall–Kier alpha value is -3.06. The van der Waals surface area contributed by atoms with Crippen molar-refractivity contribution >= 4 is 12.0 Å². The Morgan fingerprint density at radius 1 is 1.03 bits per heavy atom. The van der Waals surface area contributed by atoms with Crippen LogP contribution in [-0.2, 0) is 4.79 Å². The van der Waals surface area contributed by atoms with Crippen molar-refractivity contribution in [3.05, 3.63) is 71.3 Å². The van der Waals surface area contributed by atoms with Crippen LogP contribution in [0.5, 0.6) is 5.75 Å². The molecule has 0 bridgehead atoms. The maximum atomic E-state index is 12.5. The average Bonchev–Trinajstić information content (AvgIpc) is 2.78. The number of unbranched alkanes of at least 4 members (excludes halogenated alkanes) is 5. The van der Waals surface area contributed by atoms with E-state index in [1.54, 1.807) is 6.08 Å². The number of nitrogens with zero attached hydrogens (tertiary/aromatic N) is 1. The van der Waals surface area contributed by atoms with Crippen molar-refractivity contribution in [2.45, 2.75) is 58.4 Å². The zero-order valence-corrected chi connectivity index (χ0v) is 18.1. The minimum absolute atomic E-state index is 0.0820. The van der Waals surface area contributed by atoms with Gasteiger partial charge in [0.05, 0.1) is 12.6 Å². The molecule has 4 heteroatoms. The lowest BCUT2D eigenvalue weighted by molar-refractivity contribution is -0.117. The van der Waals surface area contributed by atoms with E-state index >= 15 is 0 Å². The summed E-state index contributed by atoms with van der Waals surface area (Å²) in [5.74, 6) is 0.429. The van der Waals surface area contributed by atoms with Gasteiger partial charge in [-0.1, -0.05) is 81.5 Å². The van der Waals surface area contributed by atoms with E-state index < -0.39 is 0 Å². The SMILES string of the molecule is CCCCCCCCOc1ccc(/C=C(\C#N)C(=O)N[C@@H](C)c2ccccc2)cc1. The van der Waals surface area contributed by atoms with Crippen LogP contribution in [0, 0.1) is 11.3 Å². The predicted octanol–water partition coefficient (Wildman–Crippen LogP) is 6.21. The van der Waals surface area contributed by atoms with E-state index in [0.29, 0.717) is 6.61 Å². The normalized spacial score (nSPS) is 12.1. The molecular weight excluding hydrogens is 372 g/mol. The molecule has 2 aromatic carbocycles. The maximum absolute atomic E-state index is 12.5. The van der Waals surface area contributed by atoms with Gasteiger partial charge in [0.15, 0.2) is 0 Å². The second-order valence-corrected chi connectivity index (χ2v) is 7.46. The molecule has 0 aliphatic heterocycles. The number of carbonyl (C=O) groups is 1. The summed E-state index contributed by atoms with van der Waals surface area (Å²) in [5.41, 5.74) is 1.87. The molecule has 1 atom stereocenters. The highest BCUT2D eigenvalue weighted by Gasteiger charge is 2.13. The van der Waals surface area contributed by atoms with Crippen molar-refractivity contribution in [3.63, 3.8) is 0 Å². The van der Waals surface area contributed by atoms with Crippen molar-refractivity contribution in [3.8, 4) is 11.8 Å². The Kier molecular flexibility index (Phi) is 10.2. The first-order valence-corrected chi connectivity index (χ1v) is 10.8. The van der Waals surface area contributed by atoms with Gasteiger partial charge in [-0.25, -0.2) is 0 Å². The fourth-order valence-electron chi connectivity index (χ4n) is 3.15. The Morgan fingerprint density at radius 3 is 2.37 bits per heavy atom. The fourth-order valence-corrected chi connectivity index (χ4v) is 3.15. The van der Waals surface area contributed by atoms with Crippen LogP contribution in [0.2, 0.25) is 0 Å². The standard InChI is InChI=1S/C26H32N2O2/c1-3-4-5-6-7-11-18-30-25-16-14-22(15-17-25)19-24(20-27)26(29)28-21(2)23-12-9-8-10-13-23/h8-10,12-17,19,21H,3-7,11,18H2,1-2H3,(H,28,29)/b24-19+/t21-/m0/s1. The van der Waals surface area contributed by atoms with Gasteiger partial charge in [-0.3, -0.25) is 4.79 Å². The molecule has 0 unspecified atom stereocenters. The summed E-state index contributed by atoms with van der Waals surface area (Å²) < 4.78 is 5.78. The third-order valence-corrected chi connectivity index (χ3v) is 4.97. The Labute approximate surface area is 180 Å². The van der Waals surface area contributed by atoms with Crippen LogP contribution in [-0.4, -0.2) is 12.5 Å². The number of hydrogen-bond donors (Lipinski definition) is 1. The van der Waals surface area contributed by atoms with Gasteiger partial charge in [0, 0.05) is 0 Å². The van der Waals surface area contributed by atoms with E-state index in [9.17, 15) is 10.1 Å². The van der Waals surface area contributed by atoms with Crippen molar-refractivity contribution in [1.82, 2.24) is 5.32 Å². The summed E-state index contributed by atoms with van der Waals surface area (Å²) >= 11 is 0. The molecule has 2 rings (SSSR count). The van der Waals surface area contributed by atoms with Crippen LogP contribution in [0.4, 0.5) is 0 Å². The van der Waals surface area contributed by atoms with Gasteiger partial charge in [-0.05, 0) is 42.7 Å². The summed E-state index contributed by atoms with van der Waals surface area (Å²) in [7, 11) is 0. The lowest BCUT2D eigenvalue weighted by atomic mass is 10.1. The van der Waals surface area contributed by atoms with Gasteiger partial charge < -0.3 is 10.1 Å². The number of hydrogen-bond acceptors (Lipinski definition) is 3. The molecule has 0 heterocycles. The van der Waals surface area contributed by atoms with Crippen molar-refractivity contribution < 1.29 is 9.53 Å². The summed E-state index contributed by atoms with van der Waals surface area (Å²) in [6.45, 7) is 4.84. The molecule has 158 valence electrons. The first-order chi connectivity index (χ1) is 14.6. The van der Waals surface area contributed by atoms with Gasteiger partial charge in [0.25, 0.3) is 5.91 Å². The van der Waals surface area contributed by atoms with Crippen LogP contribution in [0.15, 0.2) is 60.2 Å². The molecule has 0 aliphatic rings. The minimum atomic E-state index is -0.378. The molecule has 1 amide bonds. The van der Waals surface area contributed by atoms with Gasteiger partial charge in [-0.15, -0.1) is 0 Å². The molecule has 0 radical (unpaired) electrons. The van der Waals surface area contributed by atoms with E-state index in [2.05, 4.69) is 12.2 Å². The third-order valence-electron chi connectivity index (χ3n) is 4.97. The summed E-state index contributed by atoms with van der Waals surface area (Å²) in [6.07, 6.45) is 9.00. The number of ether oxygens (including phenoxy) is 1. The number of carbonyl (C=O) groups excluding carboxylic acids is 1. The number of benzene rings is 2. The number of rotatable bonds is 12. The van der Waals surface area contributed by atoms with Crippen LogP contribution in [0.25, 0.3) is 6.08 Å². The lowest BCUT2D eigenvalue weighted by Crippen LogP contribution is -2.27. The topological polar surface area (TPSA) is 62.1 Å². The molecule has 0 aromatic heterocycles. The first kappa shape index (κ1) is 23.2. The van der Waals surface area contributed by atoms with Crippen LogP contribution in [0.1, 0.15) is 69.5 Å².